The maximum absolute atomic E-state index is 12.0. The molecule has 0 fully saturated rings. The summed E-state index contributed by atoms with van der Waals surface area (Å²) in [6.45, 7) is 4.09. The second-order valence-corrected chi connectivity index (χ2v) is 9.77. The monoisotopic (exact) mass is 498 g/mol. The Bertz CT molecular complexity index is 620. The topological polar surface area (TPSA) is 110 Å². The molecule has 0 saturated carbocycles. The maximum Gasteiger partial charge on any atom is 1.00 e. The van der Waals surface area contributed by atoms with Crippen molar-refractivity contribution in [3.05, 3.63) is 12.3 Å². The molecule has 0 aromatic heterocycles. The van der Waals surface area contributed by atoms with Crippen LogP contribution in [0.1, 0.15) is 117 Å². The van der Waals surface area contributed by atoms with Crippen LogP contribution in [-0.2, 0) is 29.2 Å². The van der Waals surface area contributed by atoms with Gasteiger partial charge in [-0.25, -0.2) is 8.42 Å². The molecule has 7 nitrogen and oxygen atoms in total. The SMILES string of the molecule is CC/C=C/OC(=O)CC(C(=O)OCCCCCCCCCCCCCCCC)S(=O)(=O)[O-].[Na+]. The van der Waals surface area contributed by atoms with Gasteiger partial charge in [-0.3, -0.25) is 9.59 Å². The van der Waals surface area contributed by atoms with Crippen LogP contribution in [0.4, 0.5) is 0 Å². The van der Waals surface area contributed by atoms with Crippen LogP contribution in [0.25, 0.3) is 0 Å². The number of hydrogen-bond acceptors (Lipinski definition) is 7. The van der Waals surface area contributed by atoms with Crippen LogP contribution in [0.3, 0.4) is 0 Å². The number of ether oxygens (including phenoxy) is 2. The summed E-state index contributed by atoms with van der Waals surface area (Å²) in [6.07, 6.45) is 19.1. The predicted octanol–water partition coefficient (Wildman–Crippen LogP) is 2.79. The minimum atomic E-state index is -5.01. The van der Waals surface area contributed by atoms with E-state index in [0.29, 0.717) is 12.8 Å². The molecule has 0 rings (SSSR count). The Morgan fingerprint density at radius 3 is 1.70 bits per heavy atom. The maximum atomic E-state index is 12.0. The van der Waals surface area contributed by atoms with E-state index in [1.807, 2.05) is 6.92 Å². The summed E-state index contributed by atoms with van der Waals surface area (Å²) < 4.78 is 43.5. The molecule has 1 unspecified atom stereocenters. The summed E-state index contributed by atoms with van der Waals surface area (Å²) in [6, 6.07) is 0. The third-order valence-electron chi connectivity index (χ3n) is 5.24. The van der Waals surface area contributed by atoms with Crippen molar-refractivity contribution < 1.29 is 61.6 Å². The molecule has 0 saturated heterocycles. The zero-order valence-electron chi connectivity index (χ0n) is 21.0. The van der Waals surface area contributed by atoms with Gasteiger partial charge in [0.15, 0.2) is 5.25 Å². The first kappa shape index (κ1) is 34.8. The largest absolute Gasteiger partial charge is 1.00 e. The smallest absolute Gasteiger partial charge is 0.747 e. The first-order chi connectivity index (χ1) is 15.3. The van der Waals surface area contributed by atoms with Gasteiger partial charge in [0.1, 0.15) is 10.1 Å². The number of hydrogen-bond donors (Lipinski definition) is 0. The molecule has 0 aliphatic heterocycles. The van der Waals surface area contributed by atoms with Crippen molar-refractivity contribution in [1.82, 2.24) is 0 Å². The predicted molar refractivity (Wildman–Crippen MR) is 125 cm³/mol. The van der Waals surface area contributed by atoms with E-state index < -0.39 is 33.7 Å². The van der Waals surface area contributed by atoms with Crippen LogP contribution in [0.15, 0.2) is 12.3 Å². The number of unbranched alkanes of at least 4 members (excludes halogenated alkanes) is 13. The van der Waals surface area contributed by atoms with Crippen molar-refractivity contribution >= 4 is 22.1 Å². The molecule has 0 spiro atoms. The fourth-order valence-electron chi connectivity index (χ4n) is 3.29. The van der Waals surface area contributed by atoms with Gasteiger partial charge < -0.3 is 14.0 Å². The molecule has 0 aliphatic carbocycles. The number of carbonyl (C=O) groups excluding carboxylic acids is 2. The van der Waals surface area contributed by atoms with Gasteiger partial charge in [-0.1, -0.05) is 97.3 Å². The molecule has 0 aromatic carbocycles. The Hall–Kier alpha value is -0.410. The first-order valence-corrected chi connectivity index (χ1v) is 13.8. The van der Waals surface area contributed by atoms with Crippen LogP contribution in [0, 0.1) is 0 Å². The fraction of sp³-hybridized carbons (Fsp3) is 0.833. The molecule has 0 N–H and O–H groups in total. The van der Waals surface area contributed by atoms with Crippen LogP contribution < -0.4 is 29.6 Å². The van der Waals surface area contributed by atoms with Crippen LogP contribution in [-0.4, -0.2) is 36.8 Å². The van der Waals surface area contributed by atoms with Gasteiger partial charge in [-0.05, 0) is 18.9 Å². The Labute approximate surface area is 223 Å². The minimum Gasteiger partial charge on any atom is -0.747 e. The fourth-order valence-corrected chi connectivity index (χ4v) is 3.93. The quantitative estimate of drug-likeness (QED) is 0.0787. The average Bonchev–Trinajstić information content (AvgIpc) is 2.74. The van der Waals surface area contributed by atoms with E-state index >= 15 is 0 Å². The Morgan fingerprint density at radius 1 is 0.818 bits per heavy atom. The number of allylic oxidation sites excluding steroid dienone is 1. The molecule has 0 heterocycles. The third kappa shape index (κ3) is 21.8. The van der Waals surface area contributed by atoms with Crippen molar-refractivity contribution in [2.45, 2.75) is 122 Å². The number of rotatable bonds is 21. The van der Waals surface area contributed by atoms with E-state index in [1.165, 1.54) is 64.2 Å². The van der Waals surface area contributed by atoms with Gasteiger partial charge in [-0.2, -0.15) is 0 Å². The molecular weight excluding hydrogens is 455 g/mol. The average molecular weight is 499 g/mol. The Morgan fingerprint density at radius 2 is 1.27 bits per heavy atom. The normalized spacial score (nSPS) is 12.3. The van der Waals surface area contributed by atoms with E-state index in [4.69, 9.17) is 4.74 Å². The molecule has 0 amide bonds. The van der Waals surface area contributed by atoms with Gasteiger partial charge in [0.25, 0.3) is 0 Å². The summed E-state index contributed by atoms with van der Waals surface area (Å²) in [5, 5.41) is -2.07. The zero-order chi connectivity index (χ0) is 24.1. The summed E-state index contributed by atoms with van der Waals surface area (Å²) in [5.41, 5.74) is 0. The molecule has 0 radical (unpaired) electrons. The van der Waals surface area contributed by atoms with Crippen LogP contribution in [0.5, 0.6) is 0 Å². The molecule has 33 heavy (non-hydrogen) atoms. The molecule has 188 valence electrons. The number of carbonyl (C=O) groups is 2. The van der Waals surface area contributed by atoms with Gasteiger partial charge in [-0.15, -0.1) is 0 Å². The summed E-state index contributed by atoms with van der Waals surface area (Å²) in [5.74, 6) is -2.15. The van der Waals surface area contributed by atoms with E-state index in [1.54, 1.807) is 6.08 Å². The molecular formula is C24H43NaO7S. The van der Waals surface area contributed by atoms with E-state index in [0.717, 1.165) is 25.5 Å². The van der Waals surface area contributed by atoms with Gasteiger partial charge in [0, 0.05) is 0 Å². The molecule has 0 bridgehead atoms. The third-order valence-corrected chi connectivity index (χ3v) is 6.29. The Kier molecular flexibility index (Phi) is 24.6. The van der Waals surface area contributed by atoms with Crippen molar-refractivity contribution in [2.24, 2.45) is 0 Å². The zero-order valence-corrected chi connectivity index (χ0v) is 23.8. The summed E-state index contributed by atoms with van der Waals surface area (Å²) >= 11 is 0. The summed E-state index contributed by atoms with van der Waals surface area (Å²) in [7, 11) is -5.01. The number of esters is 2. The van der Waals surface area contributed by atoms with Gasteiger partial charge in [0.2, 0.25) is 0 Å². The first-order valence-electron chi connectivity index (χ1n) is 12.3. The Balaban J connectivity index is 0. The molecule has 0 aliphatic rings. The second kappa shape index (κ2) is 23.3. The van der Waals surface area contributed by atoms with Crippen molar-refractivity contribution in [3.63, 3.8) is 0 Å². The molecule has 9 heteroatoms. The van der Waals surface area contributed by atoms with Crippen molar-refractivity contribution in [3.8, 4) is 0 Å². The van der Waals surface area contributed by atoms with Gasteiger partial charge in [0.05, 0.1) is 19.3 Å². The van der Waals surface area contributed by atoms with E-state index in [2.05, 4.69) is 11.7 Å². The van der Waals surface area contributed by atoms with E-state index in [9.17, 15) is 22.6 Å². The van der Waals surface area contributed by atoms with Gasteiger partial charge >= 0.3 is 41.5 Å². The minimum absolute atomic E-state index is 0. The van der Waals surface area contributed by atoms with Crippen LogP contribution >= 0.6 is 0 Å². The molecule has 1 atom stereocenters. The second-order valence-electron chi connectivity index (χ2n) is 8.22. The van der Waals surface area contributed by atoms with E-state index in [-0.39, 0.29) is 36.2 Å². The standard InChI is InChI=1S/C24H44O7S.Na/c1-3-5-7-8-9-10-11-12-13-14-15-16-17-18-20-31-24(26)22(32(27,28)29)21-23(25)30-19-6-4-2;/h6,19,22H,3-5,7-18,20-21H2,1-2H3,(H,27,28,29);/q;+1/p-1/b19-6+;. The van der Waals surface area contributed by atoms with Crippen molar-refractivity contribution in [1.29, 1.82) is 0 Å². The summed E-state index contributed by atoms with van der Waals surface area (Å²) in [4.78, 5) is 23.6. The molecule has 0 aromatic rings. The van der Waals surface area contributed by atoms with Crippen LogP contribution in [0.2, 0.25) is 0 Å². The van der Waals surface area contributed by atoms with Crippen molar-refractivity contribution in [2.75, 3.05) is 6.61 Å².